The van der Waals surface area contributed by atoms with Crippen LogP contribution < -0.4 is 0 Å². The molecule has 0 bridgehead atoms. The highest BCUT2D eigenvalue weighted by Gasteiger charge is 2.26. The van der Waals surface area contributed by atoms with Crippen LogP contribution in [0, 0.1) is 0 Å². The van der Waals surface area contributed by atoms with Crippen LogP contribution in [0.2, 0.25) is 0 Å². The van der Waals surface area contributed by atoms with Crippen LogP contribution in [0.3, 0.4) is 0 Å². The van der Waals surface area contributed by atoms with E-state index in [0.717, 1.165) is 0 Å². The van der Waals surface area contributed by atoms with Crippen molar-refractivity contribution < 1.29 is 9.90 Å². The van der Waals surface area contributed by atoms with Crippen molar-refractivity contribution in [3.05, 3.63) is 0 Å². The first-order valence-electron chi connectivity index (χ1n) is 7.77. The Bertz CT molecular complexity index is 246. The summed E-state index contributed by atoms with van der Waals surface area (Å²) in [6, 6.07) is 0.459. The largest absolute Gasteiger partial charge is 0.481 e. The Morgan fingerprint density at radius 2 is 1.74 bits per heavy atom. The van der Waals surface area contributed by atoms with E-state index in [-0.39, 0.29) is 12.0 Å². The molecule has 0 saturated carbocycles. The Morgan fingerprint density at radius 1 is 1.16 bits per heavy atom. The van der Waals surface area contributed by atoms with Crippen LogP contribution in [-0.4, -0.2) is 34.1 Å². The van der Waals surface area contributed by atoms with Crippen LogP contribution in [0.15, 0.2) is 0 Å². The molecule has 0 radical (unpaired) electrons. The fourth-order valence-electron chi connectivity index (χ4n) is 2.63. The summed E-state index contributed by atoms with van der Waals surface area (Å²) in [6.07, 6.45) is 7.89. The molecule has 0 saturated heterocycles. The van der Waals surface area contributed by atoms with Gasteiger partial charge in [-0.05, 0) is 34.1 Å². The average Bonchev–Trinajstić information content (AvgIpc) is 2.26. The minimum absolute atomic E-state index is 0.0400. The van der Waals surface area contributed by atoms with Crippen LogP contribution >= 0.6 is 0 Å². The minimum Gasteiger partial charge on any atom is -0.481 e. The van der Waals surface area contributed by atoms with Crippen LogP contribution in [0.25, 0.3) is 0 Å². The van der Waals surface area contributed by atoms with E-state index < -0.39 is 5.97 Å². The quantitative estimate of drug-likeness (QED) is 0.602. The second-order valence-electron chi connectivity index (χ2n) is 6.56. The SMILES string of the molecule is CCCCCCCC(C)N(CCC(=O)O)C(C)(C)C. The molecule has 0 amide bonds. The van der Waals surface area contributed by atoms with Gasteiger partial charge < -0.3 is 5.11 Å². The van der Waals surface area contributed by atoms with E-state index in [2.05, 4.69) is 39.5 Å². The summed E-state index contributed by atoms with van der Waals surface area (Å²) in [5.41, 5.74) is 0.0400. The predicted molar refractivity (Wildman–Crippen MR) is 81.5 cm³/mol. The van der Waals surface area contributed by atoms with Gasteiger partial charge in [-0.25, -0.2) is 0 Å². The van der Waals surface area contributed by atoms with Gasteiger partial charge in [0.05, 0.1) is 6.42 Å². The lowest BCUT2D eigenvalue weighted by atomic mass is 9.99. The van der Waals surface area contributed by atoms with Crippen molar-refractivity contribution in [3.63, 3.8) is 0 Å². The van der Waals surface area contributed by atoms with Gasteiger partial charge in [0.15, 0.2) is 0 Å². The van der Waals surface area contributed by atoms with E-state index in [1.54, 1.807) is 0 Å². The smallest absolute Gasteiger partial charge is 0.304 e. The Hall–Kier alpha value is -0.570. The van der Waals surface area contributed by atoms with Crippen molar-refractivity contribution in [1.29, 1.82) is 0 Å². The summed E-state index contributed by atoms with van der Waals surface area (Å²) in [7, 11) is 0. The van der Waals surface area contributed by atoms with Gasteiger partial charge in [-0.3, -0.25) is 9.69 Å². The van der Waals surface area contributed by atoms with Gasteiger partial charge in [0.2, 0.25) is 0 Å². The molecule has 1 atom stereocenters. The fraction of sp³-hybridized carbons (Fsp3) is 0.938. The number of carboxylic acids is 1. The van der Waals surface area contributed by atoms with Gasteiger partial charge in [-0.15, -0.1) is 0 Å². The Labute approximate surface area is 119 Å². The highest BCUT2D eigenvalue weighted by Crippen LogP contribution is 2.21. The second kappa shape index (κ2) is 9.35. The number of aliphatic carboxylic acids is 1. The van der Waals surface area contributed by atoms with Gasteiger partial charge >= 0.3 is 5.97 Å². The molecule has 114 valence electrons. The van der Waals surface area contributed by atoms with Crippen molar-refractivity contribution in [2.75, 3.05) is 6.54 Å². The molecular weight excluding hydrogens is 238 g/mol. The maximum absolute atomic E-state index is 10.8. The van der Waals surface area contributed by atoms with E-state index >= 15 is 0 Å². The number of carboxylic acid groups (broad SMARTS) is 1. The maximum Gasteiger partial charge on any atom is 0.304 e. The third-order valence-corrected chi connectivity index (χ3v) is 3.69. The number of rotatable bonds is 10. The van der Waals surface area contributed by atoms with E-state index in [1.807, 2.05) is 0 Å². The zero-order valence-corrected chi connectivity index (χ0v) is 13.5. The molecule has 1 unspecified atom stereocenters. The van der Waals surface area contributed by atoms with Crippen molar-refractivity contribution in [2.45, 2.75) is 91.1 Å². The molecule has 3 nitrogen and oxygen atoms in total. The second-order valence-corrected chi connectivity index (χ2v) is 6.56. The number of nitrogens with zero attached hydrogens (tertiary/aromatic N) is 1. The highest BCUT2D eigenvalue weighted by atomic mass is 16.4. The molecule has 0 fully saturated rings. The fourth-order valence-corrected chi connectivity index (χ4v) is 2.63. The molecular formula is C16H33NO2. The van der Waals surface area contributed by atoms with Gasteiger partial charge in [0, 0.05) is 18.1 Å². The summed E-state index contributed by atoms with van der Waals surface area (Å²) in [6.45, 7) is 11.6. The summed E-state index contributed by atoms with van der Waals surface area (Å²) in [4.78, 5) is 13.1. The molecule has 0 aromatic carbocycles. The number of unbranched alkanes of at least 4 members (excludes halogenated alkanes) is 4. The first-order valence-corrected chi connectivity index (χ1v) is 7.77. The predicted octanol–water partition coefficient (Wildman–Crippen LogP) is 4.31. The van der Waals surface area contributed by atoms with Crippen LogP contribution in [0.5, 0.6) is 0 Å². The number of carbonyl (C=O) groups is 1. The van der Waals surface area contributed by atoms with E-state index in [9.17, 15) is 4.79 Å². The molecule has 0 spiro atoms. The van der Waals surface area contributed by atoms with E-state index in [4.69, 9.17) is 5.11 Å². The Morgan fingerprint density at radius 3 is 2.21 bits per heavy atom. The minimum atomic E-state index is -0.704. The molecule has 0 rings (SSSR count). The molecule has 0 heterocycles. The van der Waals surface area contributed by atoms with Crippen molar-refractivity contribution in [2.24, 2.45) is 0 Å². The monoisotopic (exact) mass is 271 g/mol. The summed E-state index contributed by atoms with van der Waals surface area (Å²) in [5.74, 6) is -0.704. The third-order valence-electron chi connectivity index (χ3n) is 3.69. The van der Waals surface area contributed by atoms with Crippen molar-refractivity contribution in [1.82, 2.24) is 4.90 Å². The lowest BCUT2D eigenvalue weighted by molar-refractivity contribution is -0.137. The molecule has 0 aromatic rings. The topological polar surface area (TPSA) is 40.5 Å². The Kier molecular flexibility index (Phi) is 9.07. The van der Waals surface area contributed by atoms with E-state index in [1.165, 1.54) is 38.5 Å². The van der Waals surface area contributed by atoms with E-state index in [0.29, 0.717) is 12.6 Å². The maximum atomic E-state index is 10.8. The zero-order valence-electron chi connectivity index (χ0n) is 13.5. The summed E-state index contributed by atoms with van der Waals surface area (Å²) < 4.78 is 0. The molecule has 0 aromatic heterocycles. The highest BCUT2D eigenvalue weighted by molar-refractivity contribution is 5.66. The third kappa shape index (κ3) is 9.04. The van der Waals surface area contributed by atoms with Crippen LogP contribution in [0.4, 0.5) is 0 Å². The number of hydrogen-bond acceptors (Lipinski definition) is 2. The Balaban J connectivity index is 4.15. The van der Waals surface area contributed by atoms with Gasteiger partial charge in [-0.1, -0.05) is 39.0 Å². The summed E-state index contributed by atoms with van der Waals surface area (Å²) in [5, 5.41) is 8.86. The standard InChI is InChI=1S/C16H33NO2/c1-6-7-8-9-10-11-14(2)17(16(3,4)5)13-12-15(18)19/h14H,6-13H2,1-5H3,(H,18,19). The summed E-state index contributed by atoms with van der Waals surface area (Å²) >= 11 is 0. The molecule has 3 heteroatoms. The zero-order chi connectivity index (χ0) is 14.9. The molecule has 1 N–H and O–H groups in total. The first kappa shape index (κ1) is 18.4. The van der Waals surface area contributed by atoms with Crippen LogP contribution in [-0.2, 0) is 4.79 Å². The lowest BCUT2D eigenvalue weighted by Crippen LogP contribution is -2.47. The van der Waals surface area contributed by atoms with Crippen molar-refractivity contribution >= 4 is 5.97 Å². The molecule has 0 aliphatic heterocycles. The van der Waals surface area contributed by atoms with Crippen LogP contribution in [0.1, 0.15) is 79.6 Å². The van der Waals surface area contributed by atoms with Gasteiger partial charge in [-0.2, -0.15) is 0 Å². The molecule has 19 heavy (non-hydrogen) atoms. The van der Waals surface area contributed by atoms with Gasteiger partial charge in [0.25, 0.3) is 0 Å². The van der Waals surface area contributed by atoms with Gasteiger partial charge in [0.1, 0.15) is 0 Å². The lowest BCUT2D eigenvalue weighted by Gasteiger charge is -2.40. The normalized spacial score (nSPS) is 13.8. The number of hydrogen-bond donors (Lipinski definition) is 1. The van der Waals surface area contributed by atoms with Crippen molar-refractivity contribution in [3.8, 4) is 0 Å². The first-order chi connectivity index (χ1) is 8.79. The molecule has 0 aliphatic carbocycles. The molecule has 0 aliphatic rings. The average molecular weight is 271 g/mol.